The van der Waals surface area contributed by atoms with Gasteiger partial charge in [0.25, 0.3) is 5.09 Å². The number of carboxylic acids is 1. The molecule has 0 unspecified atom stereocenters. The van der Waals surface area contributed by atoms with Crippen LogP contribution in [0.25, 0.3) is 17.1 Å². The SMILES string of the molecule is O=C(O)c1nc(-c2ccc(Cl)cc2Cl)n(-c2ccc(C#CCCO[N+](=O)[O-])cc2)c1CO. The van der Waals surface area contributed by atoms with Crippen molar-refractivity contribution in [1.82, 2.24) is 9.55 Å². The first-order chi connectivity index (χ1) is 15.3. The summed E-state index contributed by atoms with van der Waals surface area (Å²) in [6.45, 7) is -0.700. The predicted octanol–water partition coefficient (Wildman–Crippen LogP) is 3.99. The molecule has 0 spiro atoms. The van der Waals surface area contributed by atoms with E-state index >= 15 is 0 Å². The average molecular weight is 476 g/mol. The topological polar surface area (TPSA) is 128 Å². The van der Waals surface area contributed by atoms with Crippen LogP contribution >= 0.6 is 23.2 Å². The van der Waals surface area contributed by atoms with Gasteiger partial charge in [0, 0.05) is 28.3 Å². The lowest BCUT2D eigenvalue weighted by Gasteiger charge is -2.12. The summed E-state index contributed by atoms with van der Waals surface area (Å²) in [7, 11) is 0. The molecule has 3 aromatic rings. The summed E-state index contributed by atoms with van der Waals surface area (Å²) < 4.78 is 1.50. The van der Waals surface area contributed by atoms with Crippen LogP contribution in [0.1, 0.15) is 28.2 Å². The van der Waals surface area contributed by atoms with Crippen LogP contribution in [0.15, 0.2) is 42.5 Å². The predicted molar refractivity (Wildman–Crippen MR) is 116 cm³/mol. The Bertz CT molecular complexity index is 1230. The molecule has 9 nitrogen and oxygen atoms in total. The van der Waals surface area contributed by atoms with Crippen LogP contribution < -0.4 is 0 Å². The van der Waals surface area contributed by atoms with Crippen LogP contribution in [0.4, 0.5) is 0 Å². The number of rotatable bonds is 7. The van der Waals surface area contributed by atoms with Crippen LogP contribution in [0.3, 0.4) is 0 Å². The first-order valence-electron chi connectivity index (χ1n) is 9.09. The average Bonchev–Trinajstić information content (AvgIpc) is 3.13. The molecule has 0 radical (unpaired) electrons. The fourth-order valence-electron chi connectivity index (χ4n) is 2.93. The highest BCUT2D eigenvalue weighted by Gasteiger charge is 2.24. The van der Waals surface area contributed by atoms with Gasteiger partial charge in [-0.2, -0.15) is 0 Å². The molecule has 0 atom stereocenters. The molecule has 0 aliphatic carbocycles. The maximum Gasteiger partial charge on any atom is 0.356 e. The number of imidazole rings is 1. The van der Waals surface area contributed by atoms with Crippen molar-refractivity contribution in [3.05, 3.63) is 79.6 Å². The molecule has 2 N–H and O–H groups in total. The number of halogens is 2. The number of aromatic carboxylic acids is 1. The third-order valence-electron chi connectivity index (χ3n) is 4.28. The number of aromatic nitrogens is 2. The van der Waals surface area contributed by atoms with Crippen molar-refractivity contribution >= 4 is 29.2 Å². The van der Waals surface area contributed by atoms with Crippen molar-refractivity contribution in [3.8, 4) is 28.9 Å². The molecule has 0 saturated heterocycles. The fourth-order valence-corrected chi connectivity index (χ4v) is 3.42. The highest BCUT2D eigenvalue weighted by Crippen LogP contribution is 2.33. The van der Waals surface area contributed by atoms with Crippen molar-refractivity contribution in [2.24, 2.45) is 0 Å². The molecule has 0 aliphatic rings. The van der Waals surface area contributed by atoms with Gasteiger partial charge in [0.05, 0.1) is 17.3 Å². The zero-order valence-electron chi connectivity index (χ0n) is 16.3. The molecule has 164 valence electrons. The molecule has 0 bridgehead atoms. The van der Waals surface area contributed by atoms with E-state index in [1.807, 2.05) is 0 Å². The highest BCUT2D eigenvalue weighted by atomic mass is 35.5. The van der Waals surface area contributed by atoms with Crippen LogP contribution in [-0.2, 0) is 11.4 Å². The zero-order chi connectivity index (χ0) is 23.3. The lowest BCUT2D eigenvalue weighted by molar-refractivity contribution is -0.757. The monoisotopic (exact) mass is 475 g/mol. The van der Waals surface area contributed by atoms with Crippen molar-refractivity contribution in [3.63, 3.8) is 0 Å². The lowest BCUT2D eigenvalue weighted by Crippen LogP contribution is -2.06. The maximum atomic E-state index is 11.7. The molecular weight excluding hydrogens is 461 g/mol. The Kier molecular flexibility index (Phi) is 7.33. The summed E-state index contributed by atoms with van der Waals surface area (Å²) in [4.78, 5) is 30.2. The number of nitrogens with zero attached hydrogens (tertiary/aromatic N) is 3. The largest absolute Gasteiger partial charge is 0.476 e. The van der Waals surface area contributed by atoms with E-state index in [4.69, 9.17) is 23.2 Å². The first kappa shape index (κ1) is 23.1. The second-order valence-electron chi connectivity index (χ2n) is 6.31. The quantitative estimate of drug-likeness (QED) is 0.229. The minimum atomic E-state index is -1.29. The van der Waals surface area contributed by atoms with Gasteiger partial charge in [0.2, 0.25) is 0 Å². The van der Waals surface area contributed by atoms with Gasteiger partial charge in [-0.05, 0) is 42.5 Å². The van der Waals surface area contributed by atoms with Crippen LogP contribution in [0, 0.1) is 22.0 Å². The van der Waals surface area contributed by atoms with E-state index in [9.17, 15) is 25.1 Å². The molecule has 1 aromatic heterocycles. The normalized spacial score (nSPS) is 10.3. The second kappa shape index (κ2) is 10.2. The summed E-state index contributed by atoms with van der Waals surface area (Å²) in [6, 6.07) is 11.5. The Labute approximate surface area is 191 Å². The van der Waals surface area contributed by atoms with Crippen molar-refractivity contribution in [2.45, 2.75) is 13.0 Å². The third-order valence-corrected chi connectivity index (χ3v) is 4.83. The van der Waals surface area contributed by atoms with E-state index in [2.05, 4.69) is 21.7 Å². The summed E-state index contributed by atoms with van der Waals surface area (Å²) in [5, 5.41) is 29.4. The smallest absolute Gasteiger partial charge is 0.356 e. The number of hydrogen-bond acceptors (Lipinski definition) is 6. The van der Waals surface area contributed by atoms with Gasteiger partial charge in [-0.25, -0.2) is 9.78 Å². The molecule has 1 heterocycles. The third kappa shape index (κ3) is 5.18. The van der Waals surface area contributed by atoms with E-state index in [1.165, 1.54) is 10.6 Å². The molecule has 3 rings (SSSR count). The zero-order valence-corrected chi connectivity index (χ0v) is 17.8. The molecule has 11 heteroatoms. The molecule has 0 aliphatic heterocycles. The van der Waals surface area contributed by atoms with Gasteiger partial charge in [-0.3, -0.25) is 4.57 Å². The number of carboxylic acid groups (broad SMARTS) is 1. The van der Waals surface area contributed by atoms with Gasteiger partial charge >= 0.3 is 5.97 Å². The van der Waals surface area contributed by atoms with Gasteiger partial charge in [-0.15, -0.1) is 10.1 Å². The Balaban J connectivity index is 2.02. The molecule has 0 amide bonds. The summed E-state index contributed by atoms with van der Waals surface area (Å²) in [6.07, 6.45) is 0.181. The van der Waals surface area contributed by atoms with Crippen molar-refractivity contribution < 1.29 is 24.9 Å². The second-order valence-corrected chi connectivity index (χ2v) is 7.15. The molecule has 32 heavy (non-hydrogen) atoms. The van der Waals surface area contributed by atoms with Crippen LogP contribution in [-0.4, -0.2) is 37.4 Å². The number of benzene rings is 2. The molecule has 0 fully saturated rings. The minimum absolute atomic E-state index is 0.0780. The van der Waals surface area contributed by atoms with Crippen molar-refractivity contribution in [1.29, 1.82) is 0 Å². The lowest BCUT2D eigenvalue weighted by atomic mass is 10.1. The molecule has 0 saturated carbocycles. The highest BCUT2D eigenvalue weighted by molar-refractivity contribution is 6.36. The Morgan fingerprint density at radius 2 is 1.94 bits per heavy atom. The van der Waals surface area contributed by atoms with Crippen molar-refractivity contribution in [2.75, 3.05) is 6.61 Å². The number of aliphatic hydroxyl groups excluding tert-OH is 1. The minimum Gasteiger partial charge on any atom is -0.476 e. The van der Waals surface area contributed by atoms with Gasteiger partial charge < -0.3 is 15.1 Å². The van der Waals surface area contributed by atoms with E-state index < -0.39 is 17.7 Å². The molecular formula is C21H15Cl2N3O6. The Morgan fingerprint density at radius 3 is 2.53 bits per heavy atom. The fraction of sp³-hybridized carbons (Fsp3) is 0.143. The van der Waals surface area contributed by atoms with Gasteiger partial charge in [-0.1, -0.05) is 35.0 Å². The Hall–Kier alpha value is -3.58. The van der Waals surface area contributed by atoms with E-state index in [-0.39, 0.29) is 35.3 Å². The number of hydrogen-bond donors (Lipinski definition) is 2. The van der Waals surface area contributed by atoms with Crippen LogP contribution in [0.5, 0.6) is 0 Å². The van der Waals surface area contributed by atoms with E-state index in [1.54, 1.807) is 36.4 Å². The Morgan fingerprint density at radius 1 is 1.22 bits per heavy atom. The number of aliphatic hydroxyl groups is 1. The summed E-state index contributed by atoms with van der Waals surface area (Å²) >= 11 is 12.3. The maximum absolute atomic E-state index is 11.7. The van der Waals surface area contributed by atoms with E-state index in [0.29, 0.717) is 21.8 Å². The molecule has 2 aromatic carbocycles. The summed E-state index contributed by atoms with van der Waals surface area (Å²) in [5.41, 5.74) is 1.37. The summed E-state index contributed by atoms with van der Waals surface area (Å²) in [5.74, 6) is 4.55. The van der Waals surface area contributed by atoms with Gasteiger partial charge in [0.15, 0.2) is 5.69 Å². The standard InChI is InChI=1S/C21H15Cl2N3O6/c22-14-6-9-16(17(23)11-14)20-24-19(21(28)29)18(12-27)25(20)15-7-4-13(5-8-15)3-1-2-10-32-26(30)31/h4-9,11,27H,2,10,12H2,(H,28,29). The van der Waals surface area contributed by atoms with Gasteiger partial charge in [0.1, 0.15) is 12.4 Å². The van der Waals surface area contributed by atoms with E-state index in [0.717, 1.165) is 0 Å². The van der Waals surface area contributed by atoms with Crippen LogP contribution in [0.2, 0.25) is 10.0 Å². The number of carbonyl (C=O) groups is 1. The first-order valence-corrected chi connectivity index (χ1v) is 9.85.